The van der Waals surface area contributed by atoms with Crippen molar-refractivity contribution in [2.24, 2.45) is 0 Å². The number of sulfonamides is 1. The molecular formula is C38H41BrClN3O5S. The molecule has 1 aliphatic rings. The van der Waals surface area contributed by atoms with Crippen molar-refractivity contribution in [2.75, 3.05) is 18.0 Å². The minimum absolute atomic E-state index is 0.0176. The summed E-state index contributed by atoms with van der Waals surface area (Å²) >= 11 is 9.96. The quantitative estimate of drug-likeness (QED) is 0.151. The number of nitrogens with zero attached hydrogens (tertiary/aromatic N) is 2. The van der Waals surface area contributed by atoms with E-state index in [2.05, 4.69) is 21.2 Å². The number of nitrogens with one attached hydrogen (secondary N) is 1. The Morgan fingerprint density at radius 2 is 1.59 bits per heavy atom. The number of methoxy groups -OCH3 is 1. The molecule has 1 atom stereocenters. The van der Waals surface area contributed by atoms with Gasteiger partial charge >= 0.3 is 0 Å². The Kier molecular flexibility index (Phi) is 12.4. The number of rotatable bonds is 13. The van der Waals surface area contributed by atoms with Gasteiger partial charge in [-0.3, -0.25) is 13.9 Å². The van der Waals surface area contributed by atoms with Crippen LogP contribution in [0.25, 0.3) is 0 Å². The van der Waals surface area contributed by atoms with Gasteiger partial charge in [0.05, 0.1) is 22.7 Å². The molecule has 11 heteroatoms. The summed E-state index contributed by atoms with van der Waals surface area (Å²) in [4.78, 5) is 30.5. The number of amides is 2. The summed E-state index contributed by atoms with van der Waals surface area (Å²) in [6, 6.07) is 27.2. The van der Waals surface area contributed by atoms with E-state index in [1.54, 1.807) is 24.3 Å². The van der Waals surface area contributed by atoms with Gasteiger partial charge in [-0.2, -0.15) is 0 Å². The van der Waals surface area contributed by atoms with Crippen molar-refractivity contribution >= 4 is 55.1 Å². The molecule has 1 saturated carbocycles. The van der Waals surface area contributed by atoms with Gasteiger partial charge < -0.3 is 15.0 Å². The maximum absolute atomic E-state index is 14.7. The van der Waals surface area contributed by atoms with Crippen LogP contribution in [0.2, 0.25) is 5.02 Å². The molecule has 1 N–H and O–H groups in total. The smallest absolute Gasteiger partial charge is 0.264 e. The van der Waals surface area contributed by atoms with Gasteiger partial charge in [0.15, 0.2) is 0 Å². The highest BCUT2D eigenvalue weighted by molar-refractivity contribution is 9.10. The number of carbonyl (C=O) groups is 2. The maximum Gasteiger partial charge on any atom is 0.264 e. The van der Waals surface area contributed by atoms with E-state index in [0.29, 0.717) is 5.75 Å². The van der Waals surface area contributed by atoms with E-state index in [-0.39, 0.29) is 40.5 Å². The largest absolute Gasteiger partial charge is 0.495 e. The number of hydrogen-bond acceptors (Lipinski definition) is 5. The van der Waals surface area contributed by atoms with Crippen molar-refractivity contribution in [3.8, 4) is 5.75 Å². The first-order valence-corrected chi connectivity index (χ1v) is 19.0. The zero-order valence-electron chi connectivity index (χ0n) is 27.6. The first-order valence-electron chi connectivity index (χ1n) is 16.4. The summed E-state index contributed by atoms with van der Waals surface area (Å²) in [5.41, 5.74) is 2.75. The molecule has 258 valence electrons. The molecule has 0 heterocycles. The van der Waals surface area contributed by atoms with Crippen LogP contribution in [-0.2, 0) is 32.6 Å². The Bertz CT molecular complexity index is 1830. The van der Waals surface area contributed by atoms with Gasteiger partial charge in [0.25, 0.3) is 10.0 Å². The Hall–Kier alpha value is -3.86. The SMILES string of the molecule is COc1ccc(N(CC(=O)N(Cc2ccc(Br)cc2)[C@H](Cc2ccccc2)C(=O)NC2CCCCC2)S(=O)(=O)c2ccc(C)cc2)cc1Cl. The zero-order valence-corrected chi connectivity index (χ0v) is 30.8. The third kappa shape index (κ3) is 9.44. The average molecular weight is 767 g/mol. The fourth-order valence-corrected chi connectivity index (χ4v) is 7.98. The summed E-state index contributed by atoms with van der Waals surface area (Å²) in [5, 5.41) is 3.42. The normalized spacial score (nSPS) is 14.1. The lowest BCUT2D eigenvalue weighted by Crippen LogP contribution is -2.55. The number of anilines is 1. The van der Waals surface area contributed by atoms with Gasteiger partial charge in [0.1, 0.15) is 18.3 Å². The molecule has 8 nitrogen and oxygen atoms in total. The Balaban J connectivity index is 1.58. The minimum atomic E-state index is -4.26. The second kappa shape index (κ2) is 16.7. The number of halogens is 2. The predicted octanol–water partition coefficient (Wildman–Crippen LogP) is 7.70. The van der Waals surface area contributed by atoms with E-state index in [1.807, 2.05) is 61.5 Å². The lowest BCUT2D eigenvalue weighted by Gasteiger charge is -2.35. The summed E-state index contributed by atoms with van der Waals surface area (Å²) < 4.78 is 35.9. The van der Waals surface area contributed by atoms with Crippen LogP contribution in [0, 0.1) is 6.92 Å². The van der Waals surface area contributed by atoms with Gasteiger partial charge in [0.2, 0.25) is 11.8 Å². The molecule has 4 aromatic rings. The van der Waals surface area contributed by atoms with Gasteiger partial charge in [0, 0.05) is 23.5 Å². The molecule has 0 spiro atoms. The van der Waals surface area contributed by atoms with Crippen LogP contribution in [0.4, 0.5) is 5.69 Å². The zero-order chi connectivity index (χ0) is 35.0. The lowest BCUT2D eigenvalue weighted by molar-refractivity contribution is -0.140. The third-order valence-corrected chi connectivity index (χ3v) is 11.4. The van der Waals surface area contributed by atoms with Crippen LogP contribution in [0.5, 0.6) is 5.75 Å². The highest BCUT2D eigenvalue weighted by Crippen LogP contribution is 2.32. The minimum Gasteiger partial charge on any atom is -0.495 e. The molecule has 1 aliphatic carbocycles. The van der Waals surface area contributed by atoms with Crippen molar-refractivity contribution in [3.63, 3.8) is 0 Å². The summed E-state index contributed by atoms with van der Waals surface area (Å²) in [5.74, 6) is -0.435. The average Bonchev–Trinajstić information content (AvgIpc) is 3.10. The number of benzene rings is 4. The highest BCUT2D eigenvalue weighted by Gasteiger charge is 2.35. The number of hydrogen-bond donors (Lipinski definition) is 1. The summed E-state index contributed by atoms with van der Waals surface area (Å²) in [6.07, 6.45) is 5.21. The van der Waals surface area contributed by atoms with E-state index in [1.165, 1.54) is 30.2 Å². The fraction of sp³-hybridized carbons (Fsp3) is 0.316. The topological polar surface area (TPSA) is 96.0 Å². The molecule has 0 radical (unpaired) electrons. The van der Waals surface area contributed by atoms with Crippen molar-refractivity contribution in [3.05, 3.63) is 123 Å². The molecule has 49 heavy (non-hydrogen) atoms. The second-order valence-electron chi connectivity index (χ2n) is 12.3. The molecule has 4 aromatic carbocycles. The fourth-order valence-electron chi connectivity index (χ4n) is 6.06. The van der Waals surface area contributed by atoms with Crippen molar-refractivity contribution in [1.82, 2.24) is 10.2 Å². The van der Waals surface area contributed by atoms with Crippen LogP contribution in [0.15, 0.2) is 106 Å². The standard InChI is InChI=1S/C38H41BrClN3O5S/c1-27-13-20-33(21-14-27)49(46,47)43(32-19-22-36(48-2)34(40)24-32)26-37(44)42(25-29-15-17-30(39)18-16-29)35(23-28-9-5-3-6-10-28)38(45)41-31-11-7-4-8-12-31/h3,5-6,9-10,13-22,24,31,35H,4,7-8,11-12,23,25-26H2,1-2H3,(H,41,45)/t35-/m1/s1. The van der Waals surface area contributed by atoms with Gasteiger partial charge in [-0.15, -0.1) is 0 Å². The Morgan fingerprint density at radius 1 is 0.918 bits per heavy atom. The van der Waals surface area contributed by atoms with Gasteiger partial charge in [-0.25, -0.2) is 8.42 Å². The molecule has 1 fully saturated rings. The van der Waals surface area contributed by atoms with E-state index in [0.717, 1.165) is 57.6 Å². The molecule has 0 saturated heterocycles. The van der Waals surface area contributed by atoms with E-state index < -0.39 is 28.5 Å². The summed E-state index contributed by atoms with van der Waals surface area (Å²) in [6.45, 7) is 1.38. The van der Waals surface area contributed by atoms with Crippen molar-refractivity contribution < 1.29 is 22.7 Å². The van der Waals surface area contributed by atoms with Crippen LogP contribution < -0.4 is 14.4 Å². The highest BCUT2D eigenvalue weighted by atomic mass is 79.9. The molecule has 2 amide bonds. The van der Waals surface area contributed by atoms with Crippen molar-refractivity contribution in [1.29, 1.82) is 0 Å². The lowest BCUT2D eigenvalue weighted by atomic mass is 9.94. The Morgan fingerprint density at radius 3 is 2.22 bits per heavy atom. The van der Waals surface area contributed by atoms with Gasteiger partial charge in [-0.1, -0.05) is 107 Å². The first-order chi connectivity index (χ1) is 23.5. The van der Waals surface area contributed by atoms with Crippen LogP contribution in [-0.4, -0.2) is 50.9 Å². The summed E-state index contributed by atoms with van der Waals surface area (Å²) in [7, 11) is -2.79. The molecule has 0 unspecified atom stereocenters. The van der Waals surface area contributed by atoms with Crippen LogP contribution in [0.3, 0.4) is 0 Å². The van der Waals surface area contributed by atoms with E-state index in [4.69, 9.17) is 16.3 Å². The molecule has 5 rings (SSSR count). The molecular weight excluding hydrogens is 726 g/mol. The predicted molar refractivity (Wildman–Crippen MR) is 197 cm³/mol. The number of carbonyl (C=O) groups excluding carboxylic acids is 2. The van der Waals surface area contributed by atoms with Crippen molar-refractivity contribution in [2.45, 2.75) is 69.0 Å². The second-order valence-corrected chi connectivity index (χ2v) is 15.5. The van der Waals surface area contributed by atoms with E-state index in [9.17, 15) is 18.0 Å². The van der Waals surface area contributed by atoms with Gasteiger partial charge in [-0.05, 0) is 73.4 Å². The van der Waals surface area contributed by atoms with Crippen LogP contribution in [0.1, 0.15) is 48.8 Å². The Labute approximate surface area is 302 Å². The number of ether oxygens (including phenoxy) is 1. The molecule has 0 bridgehead atoms. The van der Waals surface area contributed by atoms with E-state index >= 15 is 0 Å². The monoisotopic (exact) mass is 765 g/mol. The molecule has 0 aliphatic heterocycles. The van der Waals surface area contributed by atoms with Crippen LogP contribution >= 0.6 is 27.5 Å². The third-order valence-electron chi connectivity index (χ3n) is 8.80. The number of aryl methyl sites for hydroxylation is 1. The maximum atomic E-state index is 14.7. The molecule has 0 aromatic heterocycles. The first kappa shape index (κ1) is 36.4.